The third-order valence-corrected chi connectivity index (χ3v) is 2.92. The zero-order valence-corrected chi connectivity index (χ0v) is 11.5. The van der Waals surface area contributed by atoms with Crippen LogP contribution < -0.4 is 10.6 Å². The molecule has 18 heavy (non-hydrogen) atoms. The fraction of sp³-hybridized carbons (Fsp3) is 0.714. The predicted octanol–water partition coefficient (Wildman–Crippen LogP) is 2.23. The van der Waals surface area contributed by atoms with Crippen LogP contribution in [0, 0.1) is 11.3 Å². The summed E-state index contributed by atoms with van der Waals surface area (Å²) in [6.45, 7) is 5.69. The molecule has 0 atom stereocenters. The molecule has 1 aliphatic rings. The van der Waals surface area contributed by atoms with Gasteiger partial charge >= 0.3 is 0 Å². The number of rotatable bonds is 3. The van der Waals surface area contributed by atoms with Gasteiger partial charge in [-0.3, -0.25) is 4.79 Å². The molecule has 0 spiro atoms. The van der Waals surface area contributed by atoms with Gasteiger partial charge in [0.15, 0.2) is 0 Å². The number of nitrogens with one attached hydrogen (secondary N) is 2. The first-order valence-corrected chi connectivity index (χ1v) is 6.61. The molecule has 1 amide bonds. The minimum Gasteiger partial charge on any atom is -0.387 e. The van der Waals surface area contributed by atoms with E-state index in [1.807, 2.05) is 26.8 Å². The molecule has 0 bridgehead atoms. The molecule has 0 unspecified atom stereocenters. The number of carbonyl (C=O) groups is 1. The molecule has 1 rings (SSSR count). The summed E-state index contributed by atoms with van der Waals surface area (Å²) in [6, 6.07) is 2.36. The Balaban J connectivity index is 2.54. The molecule has 1 saturated carbocycles. The lowest BCUT2D eigenvalue weighted by molar-refractivity contribution is -0.118. The quantitative estimate of drug-likeness (QED) is 0.595. The highest BCUT2D eigenvalue weighted by Gasteiger charge is 2.18. The van der Waals surface area contributed by atoms with Crippen molar-refractivity contribution >= 4 is 5.91 Å². The van der Waals surface area contributed by atoms with E-state index in [0.29, 0.717) is 6.04 Å². The summed E-state index contributed by atoms with van der Waals surface area (Å²) in [4.78, 5) is 11.8. The maximum atomic E-state index is 11.8. The first-order chi connectivity index (χ1) is 8.42. The van der Waals surface area contributed by atoms with Gasteiger partial charge in [0.2, 0.25) is 0 Å². The van der Waals surface area contributed by atoms with Crippen LogP contribution in [0.15, 0.2) is 11.8 Å². The van der Waals surface area contributed by atoms with Crippen molar-refractivity contribution in [1.29, 1.82) is 5.26 Å². The largest absolute Gasteiger partial charge is 0.387 e. The fourth-order valence-electron chi connectivity index (χ4n) is 2.03. The van der Waals surface area contributed by atoms with E-state index < -0.39 is 0 Å². The normalized spacial score (nSPS) is 18.0. The zero-order valence-electron chi connectivity index (χ0n) is 11.5. The highest BCUT2D eigenvalue weighted by atomic mass is 16.1. The van der Waals surface area contributed by atoms with Crippen molar-refractivity contribution < 1.29 is 4.79 Å². The van der Waals surface area contributed by atoms with E-state index >= 15 is 0 Å². The van der Waals surface area contributed by atoms with Gasteiger partial charge in [0.25, 0.3) is 5.91 Å². The van der Waals surface area contributed by atoms with Crippen LogP contribution in [-0.2, 0) is 4.79 Å². The lowest BCUT2D eigenvalue weighted by Gasteiger charge is -2.23. The highest BCUT2D eigenvalue weighted by Crippen LogP contribution is 2.17. The third-order valence-electron chi connectivity index (χ3n) is 2.92. The Morgan fingerprint density at radius 2 is 1.89 bits per heavy atom. The van der Waals surface area contributed by atoms with Crippen molar-refractivity contribution in [1.82, 2.24) is 10.6 Å². The summed E-state index contributed by atoms with van der Waals surface area (Å²) in [6.07, 6.45) is 7.55. The van der Waals surface area contributed by atoms with Crippen LogP contribution in [0.2, 0.25) is 0 Å². The third kappa shape index (κ3) is 5.22. The lowest BCUT2D eigenvalue weighted by Crippen LogP contribution is -2.41. The van der Waals surface area contributed by atoms with Crippen molar-refractivity contribution in [3.05, 3.63) is 11.8 Å². The van der Waals surface area contributed by atoms with Crippen LogP contribution in [0.5, 0.6) is 0 Å². The maximum Gasteiger partial charge on any atom is 0.263 e. The Labute approximate surface area is 109 Å². The number of nitrogens with zero attached hydrogens (tertiary/aromatic N) is 1. The monoisotopic (exact) mass is 249 g/mol. The van der Waals surface area contributed by atoms with Crippen molar-refractivity contribution in [2.45, 2.75) is 64.5 Å². The van der Waals surface area contributed by atoms with Crippen LogP contribution >= 0.6 is 0 Å². The molecule has 0 aromatic carbocycles. The molecule has 4 heteroatoms. The van der Waals surface area contributed by atoms with E-state index in [2.05, 4.69) is 10.6 Å². The van der Waals surface area contributed by atoms with Gasteiger partial charge in [-0.1, -0.05) is 19.3 Å². The van der Waals surface area contributed by atoms with Crippen LogP contribution in [0.3, 0.4) is 0 Å². The maximum absolute atomic E-state index is 11.8. The van der Waals surface area contributed by atoms with Crippen molar-refractivity contribution in [2.24, 2.45) is 0 Å². The van der Waals surface area contributed by atoms with Crippen LogP contribution in [0.25, 0.3) is 0 Å². The van der Waals surface area contributed by atoms with Crippen molar-refractivity contribution in [2.75, 3.05) is 0 Å². The van der Waals surface area contributed by atoms with E-state index in [-0.39, 0.29) is 17.0 Å². The lowest BCUT2D eigenvalue weighted by atomic mass is 9.96. The van der Waals surface area contributed by atoms with E-state index in [1.165, 1.54) is 19.3 Å². The minimum atomic E-state index is -0.322. The molecule has 0 heterocycles. The van der Waals surface area contributed by atoms with E-state index in [0.717, 1.165) is 12.8 Å². The minimum absolute atomic E-state index is 0.149. The van der Waals surface area contributed by atoms with Gasteiger partial charge in [0.1, 0.15) is 11.6 Å². The van der Waals surface area contributed by atoms with Gasteiger partial charge in [-0.15, -0.1) is 0 Å². The topological polar surface area (TPSA) is 64.9 Å². The zero-order chi connectivity index (χ0) is 13.6. The summed E-state index contributed by atoms with van der Waals surface area (Å²) < 4.78 is 0. The summed E-state index contributed by atoms with van der Waals surface area (Å²) in [5, 5.41) is 15.0. The number of hydrogen-bond acceptors (Lipinski definition) is 3. The molecule has 0 saturated heterocycles. The second kappa shape index (κ2) is 6.44. The fourth-order valence-corrected chi connectivity index (χ4v) is 2.03. The predicted molar refractivity (Wildman–Crippen MR) is 71.6 cm³/mol. The molecule has 2 N–H and O–H groups in total. The van der Waals surface area contributed by atoms with Crippen LogP contribution in [0.4, 0.5) is 0 Å². The second-order valence-corrected chi connectivity index (χ2v) is 5.88. The van der Waals surface area contributed by atoms with Crippen molar-refractivity contribution in [3.8, 4) is 6.07 Å². The standard InChI is InChI=1S/C14H23N3O/c1-14(2,3)17-13(18)11(9-15)10-16-12-7-5-4-6-8-12/h10,12,16H,4-8H2,1-3H3,(H,17,18)/b11-10-. The SMILES string of the molecule is CC(C)(C)NC(=O)/C(C#N)=C\NC1CCCCC1. The number of hydrogen-bond donors (Lipinski definition) is 2. The first-order valence-electron chi connectivity index (χ1n) is 6.61. The van der Waals surface area contributed by atoms with Gasteiger partial charge in [0, 0.05) is 17.8 Å². The average Bonchev–Trinajstić information content (AvgIpc) is 2.29. The molecule has 0 aromatic heterocycles. The summed E-state index contributed by atoms with van der Waals surface area (Å²) in [7, 11) is 0. The molecular formula is C14H23N3O. The molecule has 4 nitrogen and oxygen atoms in total. The summed E-state index contributed by atoms with van der Waals surface area (Å²) >= 11 is 0. The molecule has 1 aliphatic carbocycles. The van der Waals surface area contributed by atoms with Crippen molar-refractivity contribution in [3.63, 3.8) is 0 Å². The number of carbonyl (C=O) groups excluding carboxylic acids is 1. The Bertz CT molecular complexity index is 354. The number of nitriles is 1. The average molecular weight is 249 g/mol. The van der Waals surface area contributed by atoms with Gasteiger partial charge in [0.05, 0.1) is 0 Å². The molecule has 100 valence electrons. The Morgan fingerprint density at radius 3 is 2.39 bits per heavy atom. The highest BCUT2D eigenvalue weighted by molar-refractivity contribution is 5.97. The summed E-state index contributed by atoms with van der Waals surface area (Å²) in [5.74, 6) is -0.312. The van der Waals surface area contributed by atoms with Gasteiger partial charge < -0.3 is 10.6 Å². The second-order valence-electron chi connectivity index (χ2n) is 5.88. The van der Waals surface area contributed by atoms with Gasteiger partial charge in [-0.2, -0.15) is 5.26 Å². The van der Waals surface area contributed by atoms with Crippen LogP contribution in [0.1, 0.15) is 52.9 Å². The summed E-state index contributed by atoms with van der Waals surface area (Å²) in [5.41, 5.74) is -0.173. The van der Waals surface area contributed by atoms with Crippen LogP contribution in [-0.4, -0.2) is 17.5 Å². The Hall–Kier alpha value is -1.50. The Morgan fingerprint density at radius 1 is 1.28 bits per heavy atom. The Kier molecular flexibility index (Phi) is 5.21. The molecule has 1 fully saturated rings. The molecule has 0 radical (unpaired) electrons. The van der Waals surface area contributed by atoms with Gasteiger partial charge in [-0.25, -0.2) is 0 Å². The van der Waals surface area contributed by atoms with E-state index in [4.69, 9.17) is 5.26 Å². The smallest absolute Gasteiger partial charge is 0.263 e. The van der Waals surface area contributed by atoms with E-state index in [9.17, 15) is 4.79 Å². The molecular weight excluding hydrogens is 226 g/mol. The van der Waals surface area contributed by atoms with E-state index in [1.54, 1.807) is 6.20 Å². The molecule has 0 aliphatic heterocycles. The first kappa shape index (κ1) is 14.6. The van der Waals surface area contributed by atoms with Gasteiger partial charge in [-0.05, 0) is 33.6 Å². The molecule has 0 aromatic rings. The number of amides is 1.